The van der Waals surface area contributed by atoms with Gasteiger partial charge < -0.3 is 15.5 Å². The minimum Gasteiger partial charge on any atom is -0.341 e. The van der Waals surface area contributed by atoms with Crippen LogP contribution in [0.1, 0.15) is 43.6 Å². The third-order valence-electron chi connectivity index (χ3n) is 4.06. The summed E-state index contributed by atoms with van der Waals surface area (Å²) in [7, 11) is 3.59. The molecule has 25 heavy (non-hydrogen) atoms. The quantitative estimate of drug-likeness (QED) is 0.803. The summed E-state index contributed by atoms with van der Waals surface area (Å²) in [5, 5.41) is 0. The van der Waals surface area contributed by atoms with E-state index in [1.165, 1.54) is 0 Å². The Bertz CT molecular complexity index is 571. The second kappa shape index (κ2) is 9.78. The molecule has 0 fully saturated rings. The van der Waals surface area contributed by atoms with E-state index in [4.69, 9.17) is 5.73 Å². The normalized spacial score (nSPS) is 11.0. The minimum absolute atomic E-state index is 0. The molecule has 142 valence electrons. The molecule has 0 bridgehead atoms. The van der Waals surface area contributed by atoms with Crippen molar-refractivity contribution in [3.05, 3.63) is 35.4 Å². The zero-order valence-corrected chi connectivity index (χ0v) is 17.0. The lowest BCUT2D eigenvalue weighted by Crippen LogP contribution is -2.39. The lowest BCUT2D eigenvalue weighted by molar-refractivity contribution is -0.133. The van der Waals surface area contributed by atoms with Gasteiger partial charge in [-0.05, 0) is 29.7 Å². The summed E-state index contributed by atoms with van der Waals surface area (Å²) in [5.74, 6) is 0.0731. The first-order valence-electron chi connectivity index (χ1n) is 8.37. The van der Waals surface area contributed by atoms with Crippen molar-refractivity contribution in [3.8, 4) is 0 Å². The zero-order valence-electron chi connectivity index (χ0n) is 16.2. The van der Waals surface area contributed by atoms with Crippen LogP contribution in [0.3, 0.4) is 0 Å². The average Bonchev–Trinajstić information content (AvgIpc) is 2.53. The third-order valence-corrected chi connectivity index (χ3v) is 4.06. The fourth-order valence-corrected chi connectivity index (χ4v) is 2.54. The van der Waals surface area contributed by atoms with Crippen molar-refractivity contribution in [2.75, 3.05) is 27.2 Å². The number of carbonyl (C=O) groups excluding carboxylic acids is 2. The molecule has 1 aromatic carbocycles. The van der Waals surface area contributed by atoms with Gasteiger partial charge in [0.05, 0.1) is 0 Å². The SMILES string of the molecule is CC(C)C(=O)N(C)Cc1ccc(C(=O)N(C)CC(C)(C)CN)cc1.Cl. The highest BCUT2D eigenvalue weighted by atomic mass is 35.5. The summed E-state index contributed by atoms with van der Waals surface area (Å²) >= 11 is 0. The molecule has 0 spiro atoms. The highest BCUT2D eigenvalue weighted by Crippen LogP contribution is 2.16. The van der Waals surface area contributed by atoms with Gasteiger partial charge in [0, 0.05) is 38.7 Å². The molecule has 0 aliphatic rings. The van der Waals surface area contributed by atoms with Crippen LogP contribution in [0, 0.1) is 11.3 Å². The molecule has 2 N–H and O–H groups in total. The zero-order chi connectivity index (χ0) is 18.5. The van der Waals surface area contributed by atoms with Crippen LogP contribution in [0.5, 0.6) is 0 Å². The fourth-order valence-electron chi connectivity index (χ4n) is 2.54. The van der Waals surface area contributed by atoms with Gasteiger partial charge in [-0.15, -0.1) is 12.4 Å². The lowest BCUT2D eigenvalue weighted by atomic mass is 9.93. The second-order valence-electron chi connectivity index (χ2n) is 7.58. The number of hydrogen-bond donors (Lipinski definition) is 1. The van der Waals surface area contributed by atoms with Crippen LogP contribution in [0.25, 0.3) is 0 Å². The fraction of sp³-hybridized carbons (Fsp3) is 0.579. The molecule has 1 rings (SSSR count). The maximum Gasteiger partial charge on any atom is 0.253 e. The molecule has 6 heteroatoms. The Morgan fingerprint density at radius 2 is 1.60 bits per heavy atom. The van der Waals surface area contributed by atoms with E-state index in [0.717, 1.165) is 5.56 Å². The number of hydrogen-bond acceptors (Lipinski definition) is 3. The molecule has 2 amide bonds. The molecule has 5 nitrogen and oxygen atoms in total. The van der Waals surface area contributed by atoms with Crippen molar-refractivity contribution in [1.82, 2.24) is 9.80 Å². The largest absolute Gasteiger partial charge is 0.341 e. The molecule has 0 aliphatic carbocycles. The van der Waals surface area contributed by atoms with Gasteiger partial charge in [0.15, 0.2) is 0 Å². The third kappa shape index (κ3) is 7.04. The molecule has 1 aromatic rings. The topological polar surface area (TPSA) is 66.6 Å². The number of carbonyl (C=O) groups is 2. The number of nitrogens with zero attached hydrogens (tertiary/aromatic N) is 2. The van der Waals surface area contributed by atoms with E-state index in [0.29, 0.717) is 25.2 Å². The first kappa shape index (κ1) is 23.4. The summed E-state index contributed by atoms with van der Waals surface area (Å²) in [4.78, 5) is 27.8. The van der Waals surface area contributed by atoms with Gasteiger partial charge in [-0.3, -0.25) is 9.59 Å². The lowest BCUT2D eigenvalue weighted by Gasteiger charge is -2.29. The first-order chi connectivity index (χ1) is 11.1. The number of rotatable bonds is 7. The van der Waals surface area contributed by atoms with E-state index >= 15 is 0 Å². The van der Waals surface area contributed by atoms with Crippen LogP contribution < -0.4 is 5.73 Å². The van der Waals surface area contributed by atoms with Crippen LogP contribution >= 0.6 is 12.4 Å². The van der Waals surface area contributed by atoms with Crippen LogP contribution in [0.2, 0.25) is 0 Å². The van der Waals surface area contributed by atoms with Gasteiger partial charge in [0.25, 0.3) is 5.91 Å². The summed E-state index contributed by atoms with van der Waals surface area (Å²) in [6.07, 6.45) is 0. The monoisotopic (exact) mass is 369 g/mol. The Labute approximate surface area is 158 Å². The Kier molecular flexibility index (Phi) is 9.16. The molecule has 0 saturated carbocycles. The molecular weight excluding hydrogens is 338 g/mol. The predicted octanol–water partition coefficient (Wildman–Crippen LogP) is 2.78. The highest BCUT2D eigenvalue weighted by molar-refractivity contribution is 5.94. The van der Waals surface area contributed by atoms with Gasteiger partial charge in [-0.25, -0.2) is 0 Å². The van der Waals surface area contributed by atoms with Crippen molar-refractivity contribution >= 4 is 24.2 Å². The number of nitrogens with two attached hydrogens (primary N) is 1. The predicted molar refractivity (Wildman–Crippen MR) is 105 cm³/mol. The van der Waals surface area contributed by atoms with Crippen LogP contribution in [0.4, 0.5) is 0 Å². The summed E-state index contributed by atoms with van der Waals surface area (Å²) in [6, 6.07) is 7.44. The molecule has 0 aliphatic heterocycles. The van der Waals surface area contributed by atoms with E-state index in [1.807, 2.05) is 52.0 Å². The molecule has 0 radical (unpaired) electrons. The van der Waals surface area contributed by atoms with Crippen LogP contribution in [-0.2, 0) is 11.3 Å². The first-order valence-corrected chi connectivity index (χ1v) is 8.37. The van der Waals surface area contributed by atoms with Crippen molar-refractivity contribution in [2.45, 2.75) is 34.2 Å². The van der Waals surface area contributed by atoms with E-state index in [1.54, 1.807) is 23.9 Å². The van der Waals surface area contributed by atoms with Crippen molar-refractivity contribution in [1.29, 1.82) is 0 Å². The van der Waals surface area contributed by atoms with Crippen LogP contribution in [0.15, 0.2) is 24.3 Å². The van der Waals surface area contributed by atoms with E-state index in [9.17, 15) is 9.59 Å². The maximum absolute atomic E-state index is 12.5. The van der Waals surface area contributed by atoms with Gasteiger partial charge in [0.1, 0.15) is 0 Å². The van der Waals surface area contributed by atoms with Crippen molar-refractivity contribution in [3.63, 3.8) is 0 Å². The van der Waals surface area contributed by atoms with E-state index in [2.05, 4.69) is 0 Å². The van der Waals surface area contributed by atoms with Gasteiger partial charge >= 0.3 is 0 Å². The smallest absolute Gasteiger partial charge is 0.253 e. The Morgan fingerprint density at radius 1 is 1.08 bits per heavy atom. The molecule has 0 saturated heterocycles. The minimum atomic E-state index is -0.107. The molecular formula is C19H32ClN3O2. The Hall–Kier alpha value is -1.59. The standard InChI is InChI=1S/C19H31N3O2.ClH/c1-14(2)17(23)21(5)11-15-7-9-16(10-8-15)18(24)22(6)13-19(3,4)12-20;/h7-10,14H,11-13,20H2,1-6H3;1H. The Balaban J connectivity index is 0.00000576. The Morgan fingerprint density at radius 3 is 2.04 bits per heavy atom. The van der Waals surface area contributed by atoms with Gasteiger partial charge in [-0.2, -0.15) is 0 Å². The number of benzene rings is 1. The molecule has 0 heterocycles. The van der Waals surface area contributed by atoms with Gasteiger partial charge in [-0.1, -0.05) is 39.8 Å². The molecule has 0 aromatic heterocycles. The summed E-state index contributed by atoms with van der Waals surface area (Å²) in [5.41, 5.74) is 7.28. The summed E-state index contributed by atoms with van der Waals surface area (Å²) < 4.78 is 0. The number of halogens is 1. The van der Waals surface area contributed by atoms with Crippen molar-refractivity contribution in [2.24, 2.45) is 17.1 Å². The van der Waals surface area contributed by atoms with Crippen molar-refractivity contribution < 1.29 is 9.59 Å². The molecule has 0 unspecified atom stereocenters. The second-order valence-corrected chi connectivity index (χ2v) is 7.58. The van der Waals surface area contributed by atoms with Gasteiger partial charge in [0.2, 0.25) is 5.91 Å². The highest BCUT2D eigenvalue weighted by Gasteiger charge is 2.22. The van der Waals surface area contributed by atoms with E-state index in [-0.39, 0.29) is 35.6 Å². The van der Waals surface area contributed by atoms with E-state index < -0.39 is 0 Å². The van der Waals surface area contributed by atoms with Crippen LogP contribution in [-0.4, -0.2) is 48.8 Å². The maximum atomic E-state index is 12.5. The number of amides is 2. The molecule has 0 atom stereocenters. The average molecular weight is 370 g/mol. The summed E-state index contributed by atoms with van der Waals surface area (Å²) in [6.45, 7) is 9.54.